The number of hydrogen-bond donors (Lipinski definition) is 0. The van der Waals surface area contributed by atoms with Gasteiger partial charge in [0, 0.05) is 12.0 Å². The quantitative estimate of drug-likeness (QED) is 0.665. The van der Waals surface area contributed by atoms with Crippen molar-refractivity contribution in [2.24, 2.45) is 0 Å². The molecule has 0 saturated heterocycles. The van der Waals surface area contributed by atoms with E-state index in [1.165, 1.54) is 18.4 Å². The fourth-order valence-electron chi connectivity index (χ4n) is 2.41. The molecule has 0 saturated carbocycles. The molecule has 1 aliphatic carbocycles. The van der Waals surface area contributed by atoms with Gasteiger partial charge in [-0.3, -0.25) is 0 Å². The molecule has 80 valence electrons. The predicted molar refractivity (Wildman–Crippen MR) is 65.0 cm³/mol. The van der Waals surface area contributed by atoms with Crippen molar-refractivity contribution in [2.75, 3.05) is 14.1 Å². The molecule has 1 heteroatoms. The van der Waals surface area contributed by atoms with Gasteiger partial charge in [0.1, 0.15) is 0 Å². The lowest BCUT2D eigenvalue weighted by Gasteiger charge is -2.33. The molecule has 2 atom stereocenters. The standard InChI is InChI=1S/C14H19N/c1-15(2)14-11-7-6-10-13(14)12-8-4-3-5-9-12/h3-6,8-10,13-14H,7,11H2,1-2H3. The van der Waals surface area contributed by atoms with Crippen molar-refractivity contribution < 1.29 is 0 Å². The molecular weight excluding hydrogens is 182 g/mol. The van der Waals surface area contributed by atoms with E-state index in [0.29, 0.717) is 12.0 Å². The first-order valence-electron chi connectivity index (χ1n) is 5.67. The summed E-state index contributed by atoms with van der Waals surface area (Å²) in [4.78, 5) is 2.35. The molecule has 0 bridgehead atoms. The molecule has 0 radical (unpaired) electrons. The van der Waals surface area contributed by atoms with Crippen molar-refractivity contribution in [3.63, 3.8) is 0 Å². The third-order valence-corrected chi connectivity index (χ3v) is 3.23. The molecule has 2 unspecified atom stereocenters. The van der Waals surface area contributed by atoms with Gasteiger partial charge in [-0.05, 0) is 32.5 Å². The van der Waals surface area contributed by atoms with Crippen LogP contribution in [-0.4, -0.2) is 25.0 Å². The van der Waals surface area contributed by atoms with Crippen molar-refractivity contribution in [2.45, 2.75) is 24.8 Å². The molecule has 1 nitrogen and oxygen atoms in total. The van der Waals surface area contributed by atoms with E-state index in [1.54, 1.807) is 0 Å². The summed E-state index contributed by atoms with van der Waals surface area (Å²) in [5.41, 5.74) is 1.44. The van der Waals surface area contributed by atoms with Crippen LogP contribution in [-0.2, 0) is 0 Å². The van der Waals surface area contributed by atoms with E-state index in [4.69, 9.17) is 0 Å². The summed E-state index contributed by atoms with van der Waals surface area (Å²) in [7, 11) is 4.36. The summed E-state index contributed by atoms with van der Waals surface area (Å²) in [5, 5.41) is 0. The van der Waals surface area contributed by atoms with Crippen LogP contribution in [0.3, 0.4) is 0 Å². The Bertz CT molecular complexity index is 326. The van der Waals surface area contributed by atoms with Crippen LogP contribution in [0, 0.1) is 0 Å². The van der Waals surface area contributed by atoms with Gasteiger partial charge in [0.25, 0.3) is 0 Å². The number of allylic oxidation sites excluding steroid dienone is 1. The first kappa shape index (κ1) is 10.4. The monoisotopic (exact) mass is 201 g/mol. The predicted octanol–water partition coefficient (Wildman–Crippen LogP) is 3.05. The highest BCUT2D eigenvalue weighted by molar-refractivity contribution is 5.27. The van der Waals surface area contributed by atoms with Crippen LogP contribution in [0.15, 0.2) is 42.5 Å². The van der Waals surface area contributed by atoms with Gasteiger partial charge in [-0.15, -0.1) is 0 Å². The minimum absolute atomic E-state index is 0.565. The topological polar surface area (TPSA) is 3.24 Å². The maximum absolute atomic E-state index is 2.36. The normalized spacial score (nSPS) is 25.8. The molecule has 0 heterocycles. The van der Waals surface area contributed by atoms with Crippen molar-refractivity contribution >= 4 is 0 Å². The van der Waals surface area contributed by atoms with E-state index < -0.39 is 0 Å². The second-order valence-corrected chi connectivity index (χ2v) is 4.47. The van der Waals surface area contributed by atoms with Crippen molar-refractivity contribution in [3.8, 4) is 0 Å². The van der Waals surface area contributed by atoms with Crippen molar-refractivity contribution in [1.29, 1.82) is 0 Å². The molecule has 0 fully saturated rings. The summed E-state index contributed by atoms with van der Waals surface area (Å²) in [6.45, 7) is 0. The first-order chi connectivity index (χ1) is 7.29. The van der Waals surface area contributed by atoms with Crippen LogP contribution >= 0.6 is 0 Å². The highest BCUT2D eigenvalue weighted by Gasteiger charge is 2.24. The highest BCUT2D eigenvalue weighted by Crippen LogP contribution is 2.30. The van der Waals surface area contributed by atoms with Crippen LogP contribution in [0.25, 0.3) is 0 Å². The molecule has 1 aromatic rings. The van der Waals surface area contributed by atoms with Gasteiger partial charge in [0.15, 0.2) is 0 Å². The first-order valence-corrected chi connectivity index (χ1v) is 5.67. The van der Waals surface area contributed by atoms with Gasteiger partial charge in [-0.1, -0.05) is 42.5 Å². The van der Waals surface area contributed by atoms with Gasteiger partial charge in [0.05, 0.1) is 0 Å². The van der Waals surface area contributed by atoms with E-state index in [2.05, 4.69) is 61.5 Å². The summed E-state index contributed by atoms with van der Waals surface area (Å²) in [5.74, 6) is 0.565. The van der Waals surface area contributed by atoms with Gasteiger partial charge >= 0.3 is 0 Å². The molecule has 2 rings (SSSR count). The Hall–Kier alpha value is -1.08. The van der Waals surface area contributed by atoms with E-state index in [-0.39, 0.29) is 0 Å². The van der Waals surface area contributed by atoms with E-state index in [0.717, 1.165) is 0 Å². The van der Waals surface area contributed by atoms with E-state index in [1.807, 2.05) is 0 Å². The Kier molecular flexibility index (Phi) is 3.22. The van der Waals surface area contributed by atoms with Gasteiger partial charge in [-0.25, -0.2) is 0 Å². The zero-order chi connectivity index (χ0) is 10.7. The minimum atomic E-state index is 0.565. The van der Waals surface area contributed by atoms with Crippen molar-refractivity contribution in [3.05, 3.63) is 48.0 Å². The van der Waals surface area contributed by atoms with Crippen LogP contribution in [0.2, 0.25) is 0 Å². The lowest BCUT2D eigenvalue weighted by atomic mass is 9.84. The Labute approximate surface area is 92.4 Å². The molecule has 0 spiro atoms. The second kappa shape index (κ2) is 4.63. The largest absolute Gasteiger partial charge is 0.306 e. The summed E-state index contributed by atoms with van der Waals surface area (Å²) >= 11 is 0. The third kappa shape index (κ3) is 2.29. The molecule has 0 amide bonds. The zero-order valence-electron chi connectivity index (χ0n) is 9.56. The number of hydrogen-bond acceptors (Lipinski definition) is 1. The van der Waals surface area contributed by atoms with E-state index >= 15 is 0 Å². The average Bonchev–Trinajstić information content (AvgIpc) is 2.30. The number of benzene rings is 1. The molecular formula is C14H19N. The number of likely N-dealkylation sites (N-methyl/N-ethyl adjacent to an activating group) is 1. The maximum atomic E-state index is 2.36. The van der Waals surface area contributed by atoms with E-state index in [9.17, 15) is 0 Å². The Morgan fingerprint density at radius 1 is 1.13 bits per heavy atom. The molecule has 0 aliphatic heterocycles. The Morgan fingerprint density at radius 2 is 1.87 bits per heavy atom. The van der Waals surface area contributed by atoms with Crippen LogP contribution < -0.4 is 0 Å². The number of nitrogens with zero attached hydrogens (tertiary/aromatic N) is 1. The molecule has 1 aromatic carbocycles. The van der Waals surface area contributed by atoms with Gasteiger partial charge < -0.3 is 4.90 Å². The van der Waals surface area contributed by atoms with Crippen molar-refractivity contribution in [1.82, 2.24) is 4.90 Å². The van der Waals surface area contributed by atoms with Crippen LogP contribution in [0.1, 0.15) is 24.3 Å². The highest BCUT2D eigenvalue weighted by atomic mass is 15.1. The minimum Gasteiger partial charge on any atom is -0.306 e. The molecule has 0 N–H and O–H groups in total. The average molecular weight is 201 g/mol. The molecule has 1 aliphatic rings. The number of rotatable bonds is 2. The fraction of sp³-hybridized carbons (Fsp3) is 0.429. The van der Waals surface area contributed by atoms with Gasteiger partial charge in [0.2, 0.25) is 0 Å². The summed E-state index contributed by atoms with van der Waals surface area (Å²) in [6.07, 6.45) is 7.16. The Morgan fingerprint density at radius 3 is 2.53 bits per heavy atom. The van der Waals surface area contributed by atoms with Gasteiger partial charge in [-0.2, -0.15) is 0 Å². The SMILES string of the molecule is CN(C)C1CCC=CC1c1ccccc1. The second-order valence-electron chi connectivity index (χ2n) is 4.47. The van der Waals surface area contributed by atoms with Crippen LogP contribution in [0.5, 0.6) is 0 Å². The Balaban J connectivity index is 2.25. The smallest absolute Gasteiger partial charge is 0.0196 e. The van der Waals surface area contributed by atoms with Crippen LogP contribution in [0.4, 0.5) is 0 Å². The maximum Gasteiger partial charge on any atom is 0.0196 e. The molecule has 15 heavy (non-hydrogen) atoms. The zero-order valence-corrected chi connectivity index (χ0v) is 9.56. The fourth-order valence-corrected chi connectivity index (χ4v) is 2.41. The third-order valence-electron chi connectivity index (χ3n) is 3.23. The molecule has 0 aromatic heterocycles. The lowest BCUT2D eigenvalue weighted by molar-refractivity contribution is 0.253. The summed E-state index contributed by atoms with van der Waals surface area (Å²) < 4.78 is 0. The summed E-state index contributed by atoms with van der Waals surface area (Å²) in [6, 6.07) is 11.5. The lowest BCUT2D eigenvalue weighted by Crippen LogP contribution is -2.34.